The molecule has 0 amide bonds. The van der Waals surface area contributed by atoms with Gasteiger partial charge in [-0.1, -0.05) is 50.8 Å². The zero-order valence-corrected chi connectivity index (χ0v) is 43.3. The average molecular weight is 1040 g/mol. The highest BCUT2D eigenvalue weighted by Gasteiger charge is 2.19. The van der Waals surface area contributed by atoms with E-state index in [4.69, 9.17) is 0 Å². The van der Waals surface area contributed by atoms with E-state index in [2.05, 4.69) is 107 Å². The van der Waals surface area contributed by atoms with Crippen molar-refractivity contribution in [3.8, 4) is 66.2 Å². The van der Waals surface area contributed by atoms with Crippen LogP contribution in [0.15, 0.2) is 165 Å². The summed E-state index contributed by atoms with van der Waals surface area (Å²) in [6.07, 6.45) is 15.1. The fourth-order valence-electron chi connectivity index (χ4n) is 9.03. The number of hydrogen-bond donors (Lipinski definition) is 5. The summed E-state index contributed by atoms with van der Waals surface area (Å²) >= 11 is 2.17. The minimum atomic E-state index is -0.239. The van der Waals surface area contributed by atoms with Crippen LogP contribution in [0.3, 0.4) is 0 Å². The van der Waals surface area contributed by atoms with Crippen LogP contribution in [0, 0.1) is 10.3 Å². The second kappa shape index (κ2) is 21.4. The minimum Gasteiger partial charge on any atom is -0.358 e. The predicted molar refractivity (Wildman–Crippen MR) is 303 cm³/mol. The molecule has 0 aliphatic heterocycles. The van der Waals surface area contributed by atoms with E-state index < -0.39 is 0 Å². The van der Waals surface area contributed by atoms with Gasteiger partial charge in [0.15, 0.2) is 21.6 Å². The molecular weight excluding hydrogens is 995 g/mol. The van der Waals surface area contributed by atoms with E-state index >= 15 is 0 Å². The van der Waals surface area contributed by atoms with Crippen LogP contribution < -0.4 is 5.32 Å². The summed E-state index contributed by atoms with van der Waals surface area (Å²) in [5, 5.41) is 21.6. The molecule has 0 aliphatic rings. The molecule has 0 atom stereocenters. The molecule has 18 heteroatoms. The van der Waals surface area contributed by atoms with Crippen LogP contribution in [0.25, 0.3) is 110 Å². The van der Waals surface area contributed by atoms with Gasteiger partial charge in [-0.3, -0.25) is 30.1 Å². The summed E-state index contributed by atoms with van der Waals surface area (Å²) in [7, 11) is 4.07. The Bertz CT molecular complexity index is 4190. The number of thiophene rings is 2. The van der Waals surface area contributed by atoms with Gasteiger partial charge in [-0.25, -0.2) is 9.97 Å². The molecule has 0 fully saturated rings. The van der Waals surface area contributed by atoms with Gasteiger partial charge in [0.05, 0.1) is 55.8 Å². The molecule has 13 aromatic rings. The summed E-state index contributed by atoms with van der Waals surface area (Å²) in [4.78, 5) is 37.6. The van der Waals surface area contributed by atoms with Gasteiger partial charge in [0.1, 0.15) is 0 Å². The average Bonchev–Trinajstić information content (AvgIpc) is 4.38. The number of nitrogens with zero attached hydrogens (tertiary/aromatic N) is 9. The molecule has 76 heavy (non-hydrogen) atoms. The number of anilines is 1. The predicted octanol–water partition coefficient (Wildman–Crippen LogP) is 14.1. The van der Waals surface area contributed by atoms with Crippen LogP contribution in [-0.2, 0) is 13.0 Å². The van der Waals surface area contributed by atoms with E-state index in [0.29, 0.717) is 11.3 Å². The quantitative estimate of drug-likeness (QED) is 0.0790. The first-order chi connectivity index (χ1) is 37.1. The van der Waals surface area contributed by atoms with Crippen LogP contribution in [0.2, 0.25) is 0 Å². The van der Waals surface area contributed by atoms with Crippen molar-refractivity contribution >= 4 is 72.2 Å². The van der Waals surface area contributed by atoms with Crippen molar-refractivity contribution < 1.29 is 8.78 Å². The Morgan fingerprint density at radius 1 is 0.566 bits per heavy atom. The third kappa shape index (κ3) is 10.2. The molecule has 5 N–H and O–H groups in total. The minimum absolute atomic E-state index is 0.230. The van der Waals surface area contributed by atoms with Crippen molar-refractivity contribution in [1.82, 2.24) is 65.2 Å². The van der Waals surface area contributed by atoms with Crippen LogP contribution in [0.1, 0.15) is 25.0 Å². The van der Waals surface area contributed by atoms with Gasteiger partial charge in [0.2, 0.25) is 0 Å². The lowest BCUT2D eigenvalue weighted by Gasteiger charge is -2.11. The maximum Gasteiger partial charge on any atom is 0.181 e. The van der Waals surface area contributed by atoms with Crippen molar-refractivity contribution in [2.24, 2.45) is 0 Å². The zero-order chi connectivity index (χ0) is 52.3. The molecule has 0 spiro atoms. The molecule has 1 aromatic carbocycles. The molecule has 14 nitrogen and oxygen atoms in total. The van der Waals surface area contributed by atoms with Crippen molar-refractivity contribution in [3.05, 3.63) is 186 Å². The van der Waals surface area contributed by atoms with Gasteiger partial charge < -0.3 is 20.2 Å². The molecule has 0 unspecified atom stereocenters. The molecule has 12 heterocycles. The fraction of sp³-hybridized carbons (Fsp3) is 0.103. The van der Waals surface area contributed by atoms with Gasteiger partial charge in [0.25, 0.3) is 0 Å². The van der Waals surface area contributed by atoms with Gasteiger partial charge in [0, 0.05) is 117 Å². The molecule has 0 saturated carbocycles. The smallest absolute Gasteiger partial charge is 0.181 e. The van der Waals surface area contributed by atoms with Crippen LogP contribution in [0.5, 0.6) is 0 Å². The second-order valence-corrected chi connectivity index (χ2v) is 19.9. The Morgan fingerprint density at radius 2 is 1.09 bits per heavy atom. The number of rotatable bonds is 12. The molecule has 0 radical (unpaired) electrons. The first-order valence-electron chi connectivity index (χ1n) is 24.3. The summed E-state index contributed by atoms with van der Waals surface area (Å²) in [5.41, 5.74) is 15.8. The van der Waals surface area contributed by atoms with Gasteiger partial charge >= 0.3 is 0 Å². The second-order valence-electron chi connectivity index (χ2n) is 17.9. The van der Waals surface area contributed by atoms with Crippen molar-refractivity contribution in [3.63, 3.8) is 0 Å². The number of H-pyrrole nitrogens is 4. The number of aromatic amines is 4. The Balaban J connectivity index is 0.000000159. The Kier molecular flexibility index (Phi) is 13.8. The zero-order valence-electron chi connectivity index (χ0n) is 41.7. The maximum atomic E-state index is 13.7. The first-order valence-corrected chi connectivity index (χ1v) is 26.0. The van der Waals surface area contributed by atoms with Gasteiger partial charge in [-0.05, 0) is 98.0 Å². The lowest BCUT2D eigenvalue weighted by Crippen LogP contribution is -2.10. The number of benzene rings is 1. The van der Waals surface area contributed by atoms with Crippen LogP contribution in [0.4, 0.5) is 14.5 Å². The molecule has 13 rings (SSSR count). The highest BCUT2D eigenvalue weighted by atomic mass is 32.1. The molecule has 12 aromatic heterocycles. The van der Waals surface area contributed by atoms with Crippen LogP contribution in [-0.4, -0.2) is 79.3 Å². The number of halogens is 2. The van der Waals surface area contributed by atoms with E-state index in [9.17, 15) is 8.78 Å². The number of hydrogen-bond acceptors (Lipinski definition) is 12. The van der Waals surface area contributed by atoms with E-state index in [1.807, 2.05) is 101 Å². The number of fused-ring (bicyclic) bond motifs is 4. The summed E-state index contributed by atoms with van der Waals surface area (Å²) in [6, 6.07) is 32.8. The lowest BCUT2D eigenvalue weighted by atomic mass is 10.1. The summed E-state index contributed by atoms with van der Waals surface area (Å²) in [6.45, 7) is 8.99. The Morgan fingerprint density at radius 3 is 1.62 bits per heavy atom. The third-order valence-electron chi connectivity index (χ3n) is 12.3. The normalized spacial score (nSPS) is 11.3. The number of aromatic nitrogens is 12. The van der Waals surface area contributed by atoms with Gasteiger partial charge in [-0.2, -0.15) is 19.0 Å². The largest absolute Gasteiger partial charge is 0.358 e. The molecule has 0 bridgehead atoms. The number of allylic oxidation sites excluding steroid dienone is 1. The standard InChI is InChI=1S/C31H22FN7S.C25H20FN7S.C2H6/c1-18(11-19-5-3-2-4-6-19)36-22-12-20(15-33-17-22)21-13-24-29(38-39-31(24)35-16-21)26-14-23-25(37-26)9-10-34-30(23)27-7-8-28(32)40-27;1-33(2)13-14-7-15(11-27-10-14)16-8-18-23(31-32-25(18)29-12-16)20-9-17-19(30-20)5-6-28-24(17)21-3-4-22(26)34-21;1-2/h2-10,12-17,36-37H,1,11H2,(H,35,38,39);3-12,30H,13H2,1-2H3,(H,29,31,32);1-2H3. The SMILES string of the molecule is C=C(Cc1ccccc1)Nc1cncc(-c2cnc3n[nH]c(-c4cc5c(-c6ccc(F)s6)nccc5[nH]4)c3c2)c1.CC.CN(C)Cc1cncc(-c2cnc3n[nH]c(-c4cc5c(-c6ccc(F)s6)nccc5[nH]4)c3c2)c1. The molecule has 0 aliphatic carbocycles. The topological polar surface area (TPSA) is 182 Å². The third-order valence-corrected chi connectivity index (χ3v) is 14.1. The van der Waals surface area contributed by atoms with Gasteiger partial charge in [-0.15, -0.1) is 22.7 Å². The van der Waals surface area contributed by atoms with Crippen molar-refractivity contribution in [1.29, 1.82) is 0 Å². The van der Waals surface area contributed by atoms with E-state index in [1.165, 1.54) is 17.7 Å². The maximum absolute atomic E-state index is 13.7. The monoisotopic (exact) mass is 1040 g/mol. The van der Waals surface area contributed by atoms with E-state index in [-0.39, 0.29) is 10.3 Å². The molecule has 0 saturated heterocycles. The highest BCUT2D eigenvalue weighted by molar-refractivity contribution is 7.14. The highest BCUT2D eigenvalue weighted by Crippen LogP contribution is 2.38. The first kappa shape index (κ1) is 49.1. The van der Waals surface area contributed by atoms with E-state index in [1.54, 1.807) is 36.9 Å². The fourth-order valence-corrected chi connectivity index (χ4v) is 10.5. The van der Waals surface area contributed by atoms with Crippen molar-refractivity contribution in [2.75, 3.05) is 19.4 Å². The summed E-state index contributed by atoms with van der Waals surface area (Å²) in [5.74, 6) is 0. The number of nitrogens with one attached hydrogen (secondary N) is 5. The molecular formula is C58H48F2N14S2. The Hall–Kier alpha value is -9.10. The van der Waals surface area contributed by atoms with Crippen LogP contribution >= 0.6 is 22.7 Å². The number of pyridine rings is 6. The van der Waals surface area contributed by atoms with Crippen molar-refractivity contribution in [2.45, 2.75) is 26.8 Å². The lowest BCUT2D eigenvalue weighted by molar-refractivity contribution is 0.402. The Labute approximate surface area is 442 Å². The van der Waals surface area contributed by atoms with E-state index in [0.717, 1.165) is 151 Å². The molecule has 376 valence electrons. The summed E-state index contributed by atoms with van der Waals surface area (Å²) < 4.78 is 27.4.